The summed E-state index contributed by atoms with van der Waals surface area (Å²) in [5.41, 5.74) is 0.873. The van der Waals surface area contributed by atoms with Crippen LogP contribution >= 0.6 is 15.9 Å². The Morgan fingerprint density at radius 2 is 2.15 bits per heavy atom. The topological polar surface area (TPSA) is 25.2 Å². The number of hydrogen-bond acceptors (Lipinski definition) is 2. The highest BCUT2D eigenvalue weighted by Crippen LogP contribution is 2.24. The summed E-state index contributed by atoms with van der Waals surface area (Å²) in [4.78, 5) is 0. The molecule has 0 aliphatic rings. The smallest absolute Gasteiger partial charge is 0.111 e. The van der Waals surface area contributed by atoms with Crippen LogP contribution in [0.15, 0.2) is 16.5 Å². The number of halogens is 1. The molecule has 1 aromatic heterocycles. The second-order valence-corrected chi connectivity index (χ2v) is 4.42. The predicted molar refractivity (Wildman–Crippen MR) is 58.3 cm³/mol. The lowest BCUT2D eigenvalue weighted by Crippen LogP contribution is -2.31. The first-order chi connectivity index (χ1) is 6.06. The van der Waals surface area contributed by atoms with Gasteiger partial charge in [0.1, 0.15) is 11.5 Å². The first-order valence-electron chi connectivity index (χ1n) is 4.40. The molecule has 0 aliphatic carbocycles. The molecule has 13 heavy (non-hydrogen) atoms. The Morgan fingerprint density at radius 3 is 2.62 bits per heavy atom. The van der Waals surface area contributed by atoms with E-state index >= 15 is 0 Å². The molecule has 1 heterocycles. The molecule has 0 spiro atoms. The van der Waals surface area contributed by atoms with Crippen molar-refractivity contribution in [2.24, 2.45) is 0 Å². The quantitative estimate of drug-likeness (QED) is 0.652. The van der Waals surface area contributed by atoms with Gasteiger partial charge in [0.2, 0.25) is 0 Å². The molecular weight excluding hydrogens is 230 g/mol. The zero-order chi connectivity index (χ0) is 9.90. The van der Waals surface area contributed by atoms with Crippen LogP contribution in [0, 0.1) is 6.92 Å². The van der Waals surface area contributed by atoms with Crippen molar-refractivity contribution in [3.8, 4) is 0 Å². The van der Waals surface area contributed by atoms with Crippen molar-refractivity contribution in [1.82, 2.24) is 5.32 Å². The lowest BCUT2D eigenvalue weighted by atomic mass is 9.90. The largest absolute Gasteiger partial charge is 0.466 e. The van der Waals surface area contributed by atoms with Crippen LogP contribution in [-0.4, -0.2) is 12.0 Å². The van der Waals surface area contributed by atoms with E-state index < -0.39 is 0 Å². The second kappa shape index (κ2) is 4.29. The van der Waals surface area contributed by atoms with Gasteiger partial charge in [0.05, 0.1) is 5.45 Å². The molecule has 3 heteroatoms. The fraction of sp³-hybridized carbons (Fsp3) is 0.600. The minimum Gasteiger partial charge on any atom is -0.466 e. The van der Waals surface area contributed by atoms with Crippen molar-refractivity contribution in [1.29, 1.82) is 0 Å². The normalized spacial score (nSPS) is 12.0. The van der Waals surface area contributed by atoms with Gasteiger partial charge in [-0.2, -0.15) is 0 Å². The highest BCUT2D eigenvalue weighted by molar-refractivity contribution is 9.09. The molecule has 74 valence electrons. The number of aryl methyl sites for hydroxylation is 1. The van der Waals surface area contributed by atoms with Crippen molar-refractivity contribution in [3.63, 3.8) is 0 Å². The molecule has 0 saturated heterocycles. The van der Waals surface area contributed by atoms with E-state index in [0.717, 1.165) is 23.5 Å². The van der Waals surface area contributed by atoms with E-state index in [1.807, 2.05) is 19.1 Å². The summed E-state index contributed by atoms with van der Waals surface area (Å²) in [6.07, 6.45) is 0. The lowest BCUT2D eigenvalue weighted by molar-refractivity contribution is 0.364. The van der Waals surface area contributed by atoms with Gasteiger partial charge in [0, 0.05) is 12.0 Å². The molecule has 0 bridgehead atoms. The van der Waals surface area contributed by atoms with E-state index in [2.05, 4.69) is 35.1 Å². The number of hydrogen-bond donors (Lipinski definition) is 1. The lowest BCUT2D eigenvalue weighted by Gasteiger charge is -2.21. The van der Waals surface area contributed by atoms with Crippen molar-refractivity contribution in [2.75, 3.05) is 12.0 Å². The van der Waals surface area contributed by atoms with Gasteiger partial charge in [-0.1, -0.05) is 29.8 Å². The van der Waals surface area contributed by atoms with E-state index in [4.69, 9.17) is 4.42 Å². The van der Waals surface area contributed by atoms with Gasteiger partial charge < -0.3 is 9.73 Å². The summed E-state index contributed by atoms with van der Waals surface area (Å²) < 4.78 is 5.59. The van der Waals surface area contributed by atoms with Crippen LogP contribution in [0.1, 0.15) is 25.4 Å². The van der Waals surface area contributed by atoms with Crippen LogP contribution in [0.2, 0.25) is 0 Å². The Morgan fingerprint density at radius 1 is 1.46 bits per heavy atom. The van der Waals surface area contributed by atoms with E-state index in [-0.39, 0.29) is 5.41 Å². The van der Waals surface area contributed by atoms with Gasteiger partial charge in [-0.05, 0) is 19.1 Å². The van der Waals surface area contributed by atoms with E-state index in [1.54, 1.807) is 0 Å². The van der Waals surface area contributed by atoms with Crippen LogP contribution in [-0.2, 0) is 5.41 Å². The van der Waals surface area contributed by atoms with Crippen molar-refractivity contribution in [2.45, 2.75) is 26.2 Å². The molecule has 0 fully saturated rings. The summed E-state index contributed by atoms with van der Waals surface area (Å²) in [5, 5.41) is 3.25. The maximum atomic E-state index is 5.59. The standard InChI is InChI=1S/C10H16BrNO/c1-8-4-5-9(13-8)10(2,3)6-12-7-11/h4-5,12H,6-7H2,1-3H3. The Balaban J connectivity index is 2.68. The molecule has 0 aromatic carbocycles. The van der Waals surface area contributed by atoms with Gasteiger partial charge in [-0.3, -0.25) is 0 Å². The molecule has 0 amide bonds. The Bertz CT molecular complexity index is 268. The Kier molecular flexibility index (Phi) is 3.56. The number of nitrogens with one attached hydrogen (secondary N) is 1. The first-order valence-corrected chi connectivity index (χ1v) is 5.52. The maximum Gasteiger partial charge on any atom is 0.111 e. The molecule has 1 N–H and O–H groups in total. The maximum absolute atomic E-state index is 5.59. The van der Waals surface area contributed by atoms with Gasteiger partial charge in [0.15, 0.2) is 0 Å². The van der Waals surface area contributed by atoms with Gasteiger partial charge in [0.25, 0.3) is 0 Å². The van der Waals surface area contributed by atoms with Gasteiger partial charge in [-0.25, -0.2) is 0 Å². The van der Waals surface area contributed by atoms with Crippen LogP contribution < -0.4 is 5.32 Å². The molecule has 2 nitrogen and oxygen atoms in total. The van der Waals surface area contributed by atoms with Gasteiger partial charge >= 0.3 is 0 Å². The highest BCUT2D eigenvalue weighted by atomic mass is 79.9. The monoisotopic (exact) mass is 245 g/mol. The van der Waals surface area contributed by atoms with Crippen molar-refractivity contribution >= 4 is 15.9 Å². The van der Waals surface area contributed by atoms with E-state index in [9.17, 15) is 0 Å². The molecule has 0 aliphatic heterocycles. The fourth-order valence-corrected chi connectivity index (χ4v) is 1.44. The third kappa shape index (κ3) is 2.85. The van der Waals surface area contributed by atoms with Crippen molar-refractivity contribution in [3.05, 3.63) is 23.7 Å². The van der Waals surface area contributed by atoms with Crippen LogP contribution in [0.3, 0.4) is 0 Å². The van der Waals surface area contributed by atoms with Crippen LogP contribution in [0.5, 0.6) is 0 Å². The summed E-state index contributed by atoms with van der Waals surface area (Å²) in [6, 6.07) is 4.05. The summed E-state index contributed by atoms with van der Waals surface area (Å²) in [7, 11) is 0. The molecule has 0 saturated carbocycles. The summed E-state index contributed by atoms with van der Waals surface area (Å²) >= 11 is 3.34. The average molecular weight is 246 g/mol. The highest BCUT2D eigenvalue weighted by Gasteiger charge is 2.23. The summed E-state index contributed by atoms with van der Waals surface area (Å²) in [6.45, 7) is 7.21. The molecule has 0 radical (unpaired) electrons. The fourth-order valence-electron chi connectivity index (χ4n) is 1.25. The molecule has 1 aromatic rings. The zero-order valence-electron chi connectivity index (χ0n) is 8.36. The predicted octanol–water partition coefficient (Wildman–Crippen LogP) is 2.81. The first kappa shape index (κ1) is 10.8. The third-order valence-electron chi connectivity index (χ3n) is 2.07. The Labute approximate surface area is 87.8 Å². The number of rotatable bonds is 4. The third-order valence-corrected chi connectivity index (χ3v) is 2.47. The number of furan rings is 1. The summed E-state index contributed by atoms with van der Waals surface area (Å²) in [5.74, 6) is 2.01. The van der Waals surface area contributed by atoms with Crippen LogP contribution in [0.4, 0.5) is 0 Å². The SMILES string of the molecule is Cc1ccc(C(C)(C)CNCBr)o1. The minimum absolute atomic E-state index is 0.0576. The van der Waals surface area contributed by atoms with Crippen LogP contribution in [0.25, 0.3) is 0 Å². The Hall–Kier alpha value is -0.280. The zero-order valence-corrected chi connectivity index (χ0v) is 9.94. The molecular formula is C10H16BrNO. The average Bonchev–Trinajstić information content (AvgIpc) is 2.49. The second-order valence-electron chi connectivity index (χ2n) is 3.85. The minimum atomic E-state index is 0.0576. The van der Waals surface area contributed by atoms with Crippen molar-refractivity contribution < 1.29 is 4.42 Å². The van der Waals surface area contributed by atoms with Gasteiger partial charge in [-0.15, -0.1) is 0 Å². The van der Waals surface area contributed by atoms with E-state index in [1.165, 1.54) is 0 Å². The van der Waals surface area contributed by atoms with E-state index in [0.29, 0.717) is 0 Å². The molecule has 0 unspecified atom stereocenters. The molecule has 0 atom stereocenters. The number of alkyl halides is 1. The molecule has 1 rings (SSSR count).